The summed E-state index contributed by atoms with van der Waals surface area (Å²) < 4.78 is 0. The number of nitrogens with zero attached hydrogens (tertiary/aromatic N) is 4. The highest BCUT2D eigenvalue weighted by molar-refractivity contribution is 7.80. The molecule has 42 heavy (non-hydrogen) atoms. The van der Waals surface area contributed by atoms with Crippen molar-refractivity contribution in [1.82, 2.24) is 20.7 Å². The van der Waals surface area contributed by atoms with Crippen molar-refractivity contribution < 1.29 is 0 Å². The van der Waals surface area contributed by atoms with E-state index in [1.807, 2.05) is 0 Å². The molecule has 3 fully saturated rings. The smallest absolute Gasteiger partial charge is 0.184 e. The Morgan fingerprint density at radius 2 is 1.02 bits per heavy atom. The molecule has 8 nitrogen and oxygen atoms in total. The third kappa shape index (κ3) is 7.34. The molecule has 0 unspecified atom stereocenters. The van der Waals surface area contributed by atoms with Crippen molar-refractivity contribution in [2.75, 3.05) is 39.3 Å². The Morgan fingerprint density at radius 3 is 1.33 bits per heavy atom. The molecule has 1 heterocycles. The number of nitrogens with two attached hydrogens (primary N) is 2. The molecule has 3 aliphatic rings. The van der Waals surface area contributed by atoms with Crippen LogP contribution in [0, 0.1) is 11.8 Å². The maximum Gasteiger partial charge on any atom is 0.184 e. The summed E-state index contributed by atoms with van der Waals surface area (Å²) in [6, 6.07) is 21.6. The van der Waals surface area contributed by atoms with E-state index in [-0.39, 0.29) is 21.1 Å². The van der Waals surface area contributed by atoms with E-state index in [2.05, 4.69) is 105 Å². The van der Waals surface area contributed by atoms with E-state index in [1.165, 1.54) is 11.1 Å². The third-order valence-corrected chi connectivity index (χ3v) is 9.71. The summed E-state index contributed by atoms with van der Waals surface area (Å²) in [6.45, 7) is 10.2. The maximum absolute atomic E-state index is 5.74. The van der Waals surface area contributed by atoms with Crippen LogP contribution in [-0.2, 0) is 10.8 Å². The summed E-state index contributed by atoms with van der Waals surface area (Å²) in [4.78, 5) is 4.99. The first-order chi connectivity index (χ1) is 20.1. The lowest BCUT2D eigenvalue weighted by molar-refractivity contribution is 0.149. The predicted octanol–water partition coefficient (Wildman–Crippen LogP) is 3.72. The first-order valence-electron chi connectivity index (χ1n) is 14.9. The van der Waals surface area contributed by atoms with Gasteiger partial charge in [0.05, 0.1) is 11.4 Å². The molecule has 10 heteroatoms. The monoisotopic (exact) mass is 604 g/mol. The van der Waals surface area contributed by atoms with Crippen molar-refractivity contribution in [3.8, 4) is 0 Å². The first kappa shape index (κ1) is 30.5. The number of hydrogen-bond donors (Lipinski definition) is 4. The van der Waals surface area contributed by atoms with E-state index in [4.69, 9.17) is 35.9 Å². The van der Waals surface area contributed by atoms with Gasteiger partial charge in [-0.3, -0.25) is 20.7 Å². The van der Waals surface area contributed by atoms with Crippen molar-refractivity contribution in [2.45, 2.75) is 50.4 Å². The van der Waals surface area contributed by atoms with Crippen LogP contribution in [0.2, 0.25) is 0 Å². The maximum atomic E-state index is 5.74. The normalized spacial score (nSPS) is 28.8. The molecule has 6 N–H and O–H groups in total. The van der Waals surface area contributed by atoms with Crippen LogP contribution < -0.4 is 22.3 Å². The standard InChI is InChI=1S/C32H44N8S2/c1-31(25-9-5-3-6-10-25)17-23(18-31)27(35-37-29(33)41)21-39-13-15-40(16-14-39)22-28(36-38-30(34)42)24-19-32(2,20-24)26-11-7-4-8-12-26/h3-12,23-24H,13-22H2,1-2H3,(H3,33,37,41)(H3,34,38,42)/b35-27+,36-28+. The number of hydrazone groups is 2. The molecule has 0 spiro atoms. The van der Waals surface area contributed by atoms with Crippen molar-refractivity contribution in [3.05, 3.63) is 71.8 Å². The van der Waals surface area contributed by atoms with E-state index in [0.29, 0.717) is 11.8 Å². The highest BCUT2D eigenvalue weighted by atomic mass is 32.1. The van der Waals surface area contributed by atoms with Gasteiger partial charge in [0.1, 0.15) is 0 Å². The van der Waals surface area contributed by atoms with Crippen LogP contribution in [0.1, 0.15) is 50.7 Å². The van der Waals surface area contributed by atoms with Gasteiger partial charge in [0.15, 0.2) is 10.2 Å². The molecule has 0 radical (unpaired) electrons. The van der Waals surface area contributed by atoms with Gasteiger partial charge in [-0.15, -0.1) is 0 Å². The van der Waals surface area contributed by atoms with Crippen molar-refractivity contribution in [1.29, 1.82) is 0 Å². The van der Waals surface area contributed by atoms with Crippen LogP contribution in [-0.4, -0.2) is 70.7 Å². The van der Waals surface area contributed by atoms with Gasteiger partial charge in [-0.05, 0) is 72.1 Å². The fourth-order valence-corrected chi connectivity index (χ4v) is 7.10. The van der Waals surface area contributed by atoms with E-state index in [0.717, 1.165) is 76.4 Å². The number of thiocarbonyl (C=S) groups is 2. The Kier molecular flexibility index (Phi) is 9.57. The van der Waals surface area contributed by atoms with Crippen molar-refractivity contribution in [2.24, 2.45) is 33.5 Å². The van der Waals surface area contributed by atoms with Crippen LogP contribution in [0.4, 0.5) is 0 Å². The molecule has 2 aliphatic carbocycles. The van der Waals surface area contributed by atoms with Gasteiger partial charge in [0.2, 0.25) is 0 Å². The van der Waals surface area contributed by atoms with E-state index in [9.17, 15) is 0 Å². The Bertz CT molecular complexity index is 1190. The largest absolute Gasteiger partial charge is 0.375 e. The highest BCUT2D eigenvalue weighted by Gasteiger charge is 2.45. The van der Waals surface area contributed by atoms with Crippen LogP contribution >= 0.6 is 24.4 Å². The average Bonchev–Trinajstić information content (AvgIpc) is 2.96. The fraction of sp³-hybridized carbons (Fsp3) is 0.500. The highest BCUT2D eigenvalue weighted by Crippen LogP contribution is 2.49. The van der Waals surface area contributed by atoms with Crippen LogP contribution in [0.5, 0.6) is 0 Å². The minimum atomic E-state index is 0.183. The number of hydrogen-bond acceptors (Lipinski definition) is 6. The molecule has 0 aromatic heterocycles. The zero-order valence-corrected chi connectivity index (χ0v) is 26.4. The molecule has 2 saturated carbocycles. The predicted molar refractivity (Wildman–Crippen MR) is 181 cm³/mol. The molecule has 224 valence electrons. The Hall–Kier alpha value is -2.92. The van der Waals surface area contributed by atoms with Gasteiger partial charge in [-0.2, -0.15) is 10.2 Å². The third-order valence-electron chi connectivity index (χ3n) is 9.53. The van der Waals surface area contributed by atoms with Gasteiger partial charge in [-0.25, -0.2) is 0 Å². The number of piperazine rings is 1. The number of rotatable bonds is 10. The van der Waals surface area contributed by atoms with E-state index in [1.54, 1.807) is 0 Å². The second kappa shape index (κ2) is 13.2. The summed E-state index contributed by atoms with van der Waals surface area (Å²) in [6.07, 6.45) is 4.31. The zero-order valence-electron chi connectivity index (χ0n) is 24.8. The number of benzene rings is 2. The molecular formula is C32H44N8S2. The fourth-order valence-electron chi connectivity index (χ4n) is 7.01. The van der Waals surface area contributed by atoms with E-state index < -0.39 is 0 Å². The molecule has 5 rings (SSSR count). The molecule has 0 atom stereocenters. The van der Waals surface area contributed by atoms with Gasteiger partial charge < -0.3 is 11.5 Å². The summed E-state index contributed by atoms with van der Waals surface area (Å²) in [5.41, 5.74) is 22.7. The number of nitrogens with one attached hydrogen (secondary N) is 2. The van der Waals surface area contributed by atoms with Gasteiger partial charge >= 0.3 is 0 Å². The molecule has 0 amide bonds. The first-order valence-corrected chi connectivity index (χ1v) is 15.7. The van der Waals surface area contributed by atoms with Crippen LogP contribution in [0.25, 0.3) is 0 Å². The molecule has 2 aromatic carbocycles. The summed E-state index contributed by atoms with van der Waals surface area (Å²) in [7, 11) is 0. The molecule has 2 aromatic rings. The topological polar surface area (TPSA) is 107 Å². The Labute approximate surface area is 261 Å². The SMILES string of the molecule is CC1(c2ccccc2)CC(/C(CN2CCN(C/C(=N\NC(N)=S)C3CC(C)(c4ccccc4)C3)CC2)=N/NC(N)=S)C1. The average molecular weight is 605 g/mol. The zero-order chi connectivity index (χ0) is 29.7. The lowest BCUT2D eigenvalue weighted by Gasteiger charge is -2.48. The minimum Gasteiger partial charge on any atom is -0.375 e. The lowest BCUT2D eigenvalue weighted by Crippen LogP contribution is -2.53. The van der Waals surface area contributed by atoms with Crippen LogP contribution in [0.3, 0.4) is 0 Å². The summed E-state index contributed by atoms with van der Waals surface area (Å²) >= 11 is 10.1. The van der Waals surface area contributed by atoms with Gasteiger partial charge in [-0.1, -0.05) is 74.5 Å². The molecule has 1 saturated heterocycles. The van der Waals surface area contributed by atoms with Crippen molar-refractivity contribution in [3.63, 3.8) is 0 Å². The minimum absolute atomic E-state index is 0.183. The second-order valence-corrected chi connectivity index (χ2v) is 13.7. The molecule has 1 aliphatic heterocycles. The van der Waals surface area contributed by atoms with Gasteiger partial charge in [0, 0.05) is 51.1 Å². The second-order valence-electron chi connectivity index (χ2n) is 12.8. The van der Waals surface area contributed by atoms with Crippen molar-refractivity contribution >= 4 is 46.1 Å². The summed E-state index contributed by atoms with van der Waals surface area (Å²) in [5.74, 6) is 0.829. The summed E-state index contributed by atoms with van der Waals surface area (Å²) in [5, 5.41) is 9.78. The molecule has 0 bridgehead atoms. The Balaban J connectivity index is 1.16. The quantitative estimate of drug-likeness (QED) is 0.185. The lowest BCUT2D eigenvalue weighted by atomic mass is 9.58. The Morgan fingerprint density at radius 1 is 0.690 bits per heavy atom. The van der Waals surface area contributed by atoms with E-state index >= 15 is 0 Å². The molecular weight excluding hydrogens is 561 g/mol. The van der Waals surface area contributed by atoms with Crippen LogP contribution in [0.15, 0.2) is 70.9 Å². The van der Waals surface area contributed by atoms with Gasteiger partial charge in [0.25, 0.3) is 0 Å².